The van der Waals surface area contributed by atoms with Crippen molar-refractivity contribution in [1.82, 2.24) is 0 Å². The number of methoxy groups -OCH3 is 1. The lowest BCUT2D eigenvalue weighted by atomic mass is 10.0. The van der Waals surface area contributed by atoms with Crippen LogP contribution in [0, 0.1) is 0 Å². The summed E-state index contributed by atoms with van der Waals surface area (Å²) < 4.78 is 10.8. The normalized spacial score (nSPS) is 10.5. The highest BCUT2D eigenvalue weighted by atomic mass is 35.5. The molecule has 4 nitrogen and oxygen atoms in total. The summed E-state index contributed by atoms with van der Waals surface area (Å²) in [4.78, 5) is 12.5. The molecule has 0 saturated carbocycles. The summed E-state index contributed by atoms with van der Waals surface area (Å²) in [7, 11) is 1.61. The first kappa shape index (κ1) is 20.1. The molecule has 0 unspecified atom stereocenters. The van der Waals surface area contributed by atoms with E-state index < -0.39 is 0 Å². The molecule has 0 aliphatic rings. The molecule has 1 N–H and O–H groups in total. The first-order chi connectivity index (χ1) is 13.5. The van der Waals surface area contributed by atoms with Gasteiger partial charge in [0.1, 0.15) is 23.9 Å². The molecule has 0 spiro atoms. The lowest BCUT2D eigenvalue weighted by Crippen LogP contribution is -2.05. The highest BCUT2D eigenvalue weighted by Gasteiger charge is 2.15. The first-order valence-electron chi connectivity index (χ1n) is 8.52. The number of phenols is 1. The summed E-state index contributed by atoms with van der Waals surface area (Å²) in [6.07, 6.45) is 0.0651. The van der Waals surface area contributed by atoms with Crippen LogP contribution in [0.15, 0.2) is 60.7 Å². The Bertz CT molecular complexity index is 984. The monoisotopic (exact) mass is 416 g/mol. The van der Waals surface area contributed by atoms with E-state index in [0.29, 0.717) is 28.0 Å². The molecular formula is C22H18Cl2O4. The maximum Gasteiger partial charge on any atom is 0.171 e. The van der Waals surface area contributed by atoms with Crippen LogP contribution in [0.5, 0.6) is 17.2 Å². The minimum absolute atomic E-state index is 0.0651. The third-order valence-electron chi connectivity index (χ3n) is 4.20. The van der Waals surface area contributed by atoms with Gasteiger partial charge in [-0.05, 0) is 47.5 Å². The smallest absolute Gasteiger partial charge is 0.171 e. The van der Waals surface area contributed by atoms with Gasteiger partial charge in [-0.1, -0.05) is 41.4 Å². The van der Waals surface area contributed by atoms with Crippen molar-refractivity contribution in [3.05, 3.63) is 87.4 Å². The molecular weight excluding hydrogens is 399 g/mol. The number of ketones is 1. The molecule has 0 radical (unpaired) electrons. The van der Waals surface area contributed by atoms with Crippen molar-refractivity contribution in [2.75, 3.05) is 7.11 Å². The summed E-state index contributed by atoms with van der Waals surface area (Å²) in [5.74, 6) is 0.852. The van der Waals surface area contributed by atoms with Gasteiger partial charge in [0.05, 0.1) is 12.7 Å². The van der Waals surface area contributed by atoms with Gasteiger partial charge in [-0.2, -0.15) is 0 Å². The van der Waals surface area contributed by atoms with E-state index >= 15 is 0 Å². The molecule has 0 saturated heterocycles. The van der Waals surface area contributed by atoms with Crippen molar-refractivity contribution in [1.29, 1.82) is 0 Å². The Balaban J connectivity index is 1.66. The Morgan fingerprint density at radius 2 is 1.68 bits per heavy atom. The molecule has 0 fully saturated rings. The van der Waals surface area contributed by atoms with E-state index in [4.69, 9.17) is 32.7 Å². The van der Waals surface area contributed by atoms with Gasteiger partial charge in [0.15, 0.2) is 5.78 Å². The van der Waals surface area contributed by atoms with E-state index in [0.717, 1.165) is 11.3 Å². The van der Waals surface area contributed by atoms with E-state index in [-0.39, 0.29) is 23.5 Å². The maximum absolute atomic E-state index is 12.5. The van der Waals surface area contributed by atoms with Gasteiger partial charge in [-0.25, -0.2) is 0 Å². The van der Waals surface area contributed by atoms with Gasteiger partial charge >= 0.3 is 0 Å². The molecule has 3 aromatic rings. The Hall–Kier alpha value is -2.69. The van der Waals surface area contributed by atoms with Crippen LogP contribution < -0.4 is 9.47 Å². The van der Waals surface area contributed by atoms with Crippen molar-refractivity contribution in [3.63, 3.8) is 0 Å². The second kappa shape index (κ2) is 9.00. The maximum atomic E-state index is 12.5. The van der Waals surface area contributed by atoms with E-state index in [1.54, 1.807) is 37.4 Å². The van der Waals surface area contributed by atoms with Crippen molar-refractivity contribution in [2.45, 2.75) is 13.0 Å². The average molecular weight is 417 g/mol. The summed E-state index contributed by atoms with van der Waals surface area (Å²) >= 11 is 12.0. The molecule has 0 heterocycles. The zero-order valence-corrected chi connectivity index (χ0v) is 16.6. The Labute approximate surface area is 173 Å². The molecule has 28 heavy (non-hydrogen) atoms. The fourth-order valence-corrected chi connectivity index (χ4v) is 3.13. The molecule has 0 aliphatic heterocycles. The third kappa shape index (κ3) is 4.97. The number of carbonyl (C=O) groups excluding carboxylic acids is 1. The van der Waals surface area contributed by atoms with Crippen LogP contribution in [0.4, 0.5) is 0 Å². The van der Waals surface area contributed by atoms with Crippen molar-refractivity contribution < 1.29 is 19.4 Å². The van der Waals surface area contributed by atoms with Gasteiger partial charge in [-0.15, -0.1) is 0 Å². The van der Waals surface area contributed by atoms with E-state index in [1.165, 1.54) is 6.07 Å². The standard InChI is InChI=1S/C22H18Cl2O4/c1-27-17-6-2-14(3-7-17)13-28-18-8-9-19(22(26)12-18)21(25)10-15-4-5-16(23)11-20(15)24/h2-9,11-12,26H,10,13H2,1H3. The summed E-state index contributed by atoms with van der Waals surface area (Å²) in [6.45, 7) is 0.330. The van der Waals surface area contributed by atoms with Crippen LogP contribution >= 0.6 is 23.2 Å². The van der Waals surface area contributed by atoms with E-state index in [9.17, 15) is 9.90 Å². The first-order valence-corrected chi connectivity index (χ1v) is 9.27. The van der Waals surface area contributed by atoms with Crippen LogP contribution in [0.2, 0.25) is 10.0 Å². The molecule has 6 heteroatoms. The van der Waals surface area contributed by atoms with Gasteiger partial charge < -0.3 is 14.6 Å². The Morgan fingerprint density at radius 3 is 2.32 bits per heavy atom. The highest BCUT2D eigenvalue weighted by molar-refractivity contribution is 6.35. The summed E-state index contributed by atoms with van der Waals surface area (Å²) in [6, 6.07) is 17.1. The SMILES string of the molecule is COc1ccc(COc2ccc(C(=O)Cc3ccc(Cl)cc3Cl)c(O)c2)cc1. The van der Waals surface area contributed by atoms with Crippen LogP contribution in [-0.4, -0.2) is 18.0 Å². The number of aromatic hydroxyl groups is 1. The third-order valence-corrected chi connectivity index (χ3v) is 4.79. The predicted molar refractivity (Wildman–Crippen MR) is 110 cm³/mol. The quantitative estimate of drug-likeness (QED) is 0.500. The number of hydrogen-bond donors (Lipinski definition) is 1. The summed E-state index contributed by atoms with van der Waals surface area (Å²) in [5, 5.41) is 11.2. The summed E-state index contributed by atoms with van der Waals surface area (Å²) in [5.41, 5.74) is 1.82. The van der Waals surface area contributed by atoms with Gasteiger partial charge in [0.2, 0.25) is 0 Å². The predicted octanol–water partition coefficient (Wildman–Crippen LogP) is 5.71. The van der Waals surface area contributed by atoms with E-state index in [2.05, 4.69) is 0 Å². The number of phenolic OH excluding ortho intramolecular Hbond substituents is 1. The fourth-order valence-electron chi connectivity index (χ4n) is 2.66. The topological polar surface area (TPSA) is 55.8 Å². The number of ether oxygens (including phenoxy) is 2. The average Bonchev–Trinajstić information content (AvgIpc) is 2.69. The Kier molecular flexibility index (Phi) is 6.45. The number of hydrogen-bond acceptors (Lipinski definition) is 4. The second-order valence-corrected chi connectivity index (χ2v) is 7.00. The number of carbonyl (C=O) groups is 1. The molecule has 0 bridgehead atoms. The highest BCUT2D eigenvalue weighted by Crippen LogP contribution is 2.28. The van der Waals surface area contributed by atoms with Crippen molar-refractivity contribution in [3.8, 4) is 17.2 Å². The molecule has 144 valence electrons. The molecule has 0 aromatic heterocycles. The Morgan fingerprint density at radius 1 is 0.964 bits per heavy atom. The molecule has 0 amide bonds. The van der Waals surface area contributed by atoms with Crippen molar-refractivity contribution >= 4 is 29.0 Å². The minimum Gasteiger partial charge on any atom is -0.507 e. The molecule has 3 aromatic carbocycles. The van der Waals surface area contributed by atoms with Crippen LogP contribution in [0.25, 0.3) is 0 Å². The lowest BCUT2D eigenvalue weighted by Gasteiger charge is -2.10. The van der Waals surface area contributed by atoms with Crippen molar-refractivity contribution in [2.24, 2.45) is 0 Å². The van der Waals surface area contributed by atoms with Crippen LogP contribution in [-0.2, 0) is 13.0 Å². The zero-order chi connectivity index (χ0) is 20.1. The van der Waals surface area contributed by atoms with E-state index in [1.807, 2.05) is 24.3 Å². The molecule has 0 aliphatic carbocycles. The number of rotatable bonds is 7. The number of benzene rings is 3. The largest absolute Gasteiger partial charge is 0.507 e. The lowest BCUT2D eigenvalue weighted by molar-refractivity contribution is 0.0990. The van der Waals surface area contributed by atoms with Crippen LogP contribution in [0.1, 0.15) is 21.5 Å². The zero-order valence-electron chi connectivity index (χ0n) is 15.1. The van der Waals surface area contributed by atoms with Crippen LogP contribution in [0.3, 0.4) is 0 Å². The number of halogens is 2. The minimum atomic E-state index is -0.247. The molecule has 3 rings (SSSR count). The van der Waals surface area contributed by atoms with Gasteiger partial charge in [0.25, 0.3) is 0 Å². The van der Waals surface area contributed by atoms with Gasteiger partial charge in [0, 0.05) is 22.5 Å². The second-order valence-electron chi connectivity index (χ2n) is 6.15. The number of Topliss-reactive ketones (excluding diaryl/α,β-unsaturated/α-hetero) is 1. The fraction of sp³-hybridized carbons (Fsp3) is 0.136. The van der Waals surface area contributed by atoms with Gasteiger partial charge in [-0.3, -0.25) is 4.79 Å². The molecule has 0 atom stereocenters.